The second-order valence-electron chi connectivity index (χ2n) is 3.04. The fourth-order valence-electron chi connectivity index (χ4n) is 0.609. The van der Waals surface area contributed by atoms with Gasteiger partial charge >= 0.3 is 8.60 Å². The maximum absolute atomic E-state index is 7.57. The molecule has 0 radical (unpaired) electrons. The van der Waals surface area contributed by atoms with E-state index in [1.807, 2.05) is 0 Å². The molecular formula is C11H27O4P. The van der Waals surface area contributed by atoms with E-state index in [1.165, 1.54) is 0 Å². The lowest BCUT2D eigenvalue weighted by atomic mass is 10.5. The van der Waals surface area contributed by atoms with E-state index in [2.05, 4.69) is 20.8 Å². The van der Waals surface area contributed by atoms with Crippen LogP contribution in [0.4, 0.5) is 0 Å². The van der Waals surface area contributed by atoms with Crippen molar-refractivity contribution in [3.8, 4) is 0 Å². The summed E-state index contributed by atoms with van der Waals surface area (Å²) >= 11 is 0. The maximum atomic E-state index is 7.57. The van der Waals surface area contributed by atoms with Gasteiger partial charge in [0.05, 0.1) is 19.8 Å². The fourth-order valence-corrected chi connectivity index (χ4v) is 1.83. The van der Waals surface area contributed by atoms with Crippen LogP contribution in [0.2, 0.25) is 0 Å². The molecule has 0 rings (SSSR count). The predicted octanol–water partition coefficient (Wildman–Crippen LogP) is 3.49. The van der Waals surface area contributed by atoms with Crippen LogP contribution in [0.3, 0.4) is 0 Å². The van der Waals surface area contributed by atoms with Gasteiger partial charge in [0.1, 0.15) is 0 Å². The third kappa shape index (κ3) is 16.7. The Morgan fingerprint density at radius 3 is 1.19 bits per heavy atom. The average Bonchev–Trinajstić information content (AvgIpc) is 2.29. The number of aliphatic hydroxyl groups is 1. The van der Waals surface area contributed by atoms with Gasteiger partial charge < -0.3 is 18.7 Å². The molecule has 0 aliphatic carbocycles. The first kappa shape index (κ1) is 18.6. The zero-order valence-corrected chi connectivity index (χ0v) is 12.0. The normalized spacial score (nSPS) is 10.1. The van der Waals surface area contributed by atoms with Crippen LogP contribution in [0.1, 0.15) is 47.0 Å². The molecule has 0 aromatic carbocycles. The van der Waals surface area contributed by atoms with Crippen molar-refractivity contribution in [1.82, 2.24) is 0 Å². The first-order chi connectivity index (χ1) is 7.76. The monoisotopic (exact) mass is 254 g/mol. The largest absolute Gasteiger partial charge is 0.397 e. The molecule has 0 heterocycles. The molecule has 0 aromatic heterocycles. The number of aliphatic hydroxyl groups excluding tert-OH is 1. The van der Waals surface area contributed by atoms with E-state index in [1.54, 1.807) is 6.92 Å². The van der Waals surface area contributed by atoms with Gasteiger partial charge in [0.25, 0.3) is 0 Å². The van der Waals surface area contributed by atoms with E-state index in [0.29, 0.717) is 0 Å². The molecule has 5 heteroatoms. The van der Waals surface area contributed by atoms with Crippen molar-refractivity contribution < 1.29 is 18.7 Å². The van der Waals surface area contributed by atoms with Crippen molar-refractivity contribution in [1.29, 1.82) is 0 Å². The Kier molecular flexibility index (Phi) is 20.6. The Bertz CT molecular complexity index is 95.1. The van der Waals surface area contributed by atoms with Gasteiger partial charge in [-0.05, 0) is 26.2 Å². The van der Waals surface area contributed by atoms with Gasteiger partial charge in [-0.3, -0.25) is 0 Å². The summed E-state index contributed by atoms with van der Waals surface area (Å²) < 4.78 is 16.2. The molecule has 0 saturated heterocycles. The van der Waals surface area contributed by atoms with Gasteiger partial charge in [0.15, 0.2) is 0 Å². The highest BCUT2D eigenvalue weighted by Crippen LogP contribution is 2.39. The van der Waals surface area contributed by atoms with Gasteiger partial charge in [-0.1, -0.05) is 20.8 Å². The third-order valence-electron chi connectivity index (χ3n) is 1.20. The lowest BCUT2D eigenvalue weighted by molar-refractivity contribution is 0.160. The SMILES string of the molecule is CCCOP(OCCC)OCCC.CCO. The lowest BCUT2D eigenvalue weighted by Gasteiger charge is -2.15. The summed E-state index contributed by atoms with van der Waals surface area (Å²) in [6.45, 7) is 10.3. The molecule has 0 amide bonds. The van der Waals surface area contributed by atoms with Gasteiger partial charge in [-0.2, -0.15) is 0 Å². The molecule has 0 atom stereocenters. The Labute approximate surface area is 101 Å². The molecular weight excluding hydrogens is 227 g/mol. The lowest BCUT2D eigenvalue weighted by Crippen LogP contribution is -1.98. The highest BCUT2D eigenvalue weighted by Gasteiger charge is 2.10. The predicted molar refractivity (Wildman–Crippen MR) is 68.4 cm³/mol. The van der Waals surface area contributed by atoms with Crippen molar-refractivity contribution in [2.24, 2.45) is 0 Å². The fraction of sp³-hybridized carbons (Fsp3) is 1.00. The number of hydrogen-bond acceptors (Lipinski definition) is 4. The van der Waals surface area contributed by atoms with Crippen LogP contribution >= 0.6 is 8.60 Å². The Morgan fingerprint density at radius 2 is 1.00 bits per heavy atom. The Balaban J connectivity index is 0. The molecule has 0 saturated carbocycles. The van der Waals surface area contributed by atoms with Gasteiger partial charge in [-0.15, -0.1) is 0 Å². The summed E-state index contributed by atoms with van der Waals surface area (Å²) in [5.74, 6) is 0. The highest BCUT2D eigenvalue weighted by molar-refractivity contribution is 7.41. The van der Waals surface area contributed by atoms with Crippen LogP contribution in [0.15, 0.2) is 0 Å². The van der Waals surface area contributed by atoms with Crippen molar-refractivity contribution in [2.75, 3.05) is 26.4 Å². The first-order valence-corrected chi connectivity index (χ1v) is 7.15. The van der Waals surface area contributed by atoms with Crippen LogP contribution in [-0.2, 0) is 13.6 Å². The van der Waals surface area contributed by atoms with Gasteiger partial charge in [0.2, 0.25) is 0 Å². The molecule has 16 heavy (non-hydrogen) atoms. The van der Waals surface area contributed by atoms with E-state index >= 15 is 0 Å². The smallest absolute Gasteiger partial charge is 0.332 e. The van der Waals surface area contributed by atoms with E-state index < -0.39 is 8.60 Å². The van der Waals surface area contributed by atoms with Crippen LogP contribution in [0.25, 0.3) is 0 Å². The second kappa shape index (κ2) is 17.7. The molecule has 0 fully saturated rings. The van der Waals surface area contributed by atoms with Crippen LogP contribution in [0, 0.1) is 0 Å². The third-order valence-corrected chi connectivity index (χ3v) is 2.38. The molecule has 0 aliphatic rings. The molecule has 0 aromatic rings. The minimum Gasteiger partial charge on any atom is -0.397 e. The standard InChI is InChI=1S/C9H21O3P.C2H6O/c1-4-7-10-13(11-8-5-2)12-9-6-3;1-2-3/h4-9H2,1-3H3;3H,2H2,1H3. The van der Waals surface area contributed by atoms with Crippen molar-refractivity contribution in [2.45, 2.75) is 47.0 Å². The zero-order valence-electron chi connectivity index (χ0n) is 11.1. The Hall–Kier alpha value is 0.270. The van der Waals surface area contributed by atoms with Crippen molar-refractivity contribution >= 4 is 8.60 Å². The topological polar surface area (TPSA) is 47.9 Å². The number of rotatable bonds is 9. The average molecular weight is 254 g/mol. The van der Waals surface area contributed by atoms with Gasteiger partial charge in [0, 0.05) is 6.61 Å². The van der Waals surface area contributed by atoms with Crippen LogP contribution in [-0.4, -0.2) is 31.5 Å². The molecule has 0 spiro atoms. The maximum Gasteiger partial charge on any atom is 0.332 e. The molecule has 0 aliphatic heterocycles. The molecule has 0 unspecified atom stereocenters. The summed E-state index contributed by atoms with van der Waals surface area (Å²) in [7, 11) is -1.08. The van der Waals surface area contributed by atoms with E-state index in [4.69, 9.17) is 18.7 Å². The minimum absolute atomic E-state index is 0.250. The molecule has 1 N–H and O–H groups in total. The Morgan fingerprint density at radius 1 is 0.750 bits per heavy atom. The van der Waals surface area contributed by atoms with Crippen LogP contribution < -0.4 is 0 Å². The summed E-state index contributed by atoms with van der Waals surface area (Å²) in [5.41, 5.74) is 0. The molecule has 100 valence electrons. The summed E-state index contributed by atoms with van der Waals surface area (Å²) in [4.78, 5) is 0. The van der Waals surface area contributed by atoms with Crippen LogP contribution in [0.5, 0.6) is 0 Å². The second-order valence-corrected chi connectivity index (χ2v) is 4.26. The van der Waals surface area contributed by atoms with E-state index in [0.717, 1.165) is 39.1 Å². The summed E-state index contributed by atoms with van der Waals surface area (Å²) in [6.07, 6.45) is 3.01. The zero-order chi connectivity index (χ0) is 12.6. The highest BCUT2D eigenvalue weighted by atomic mass is 31.2. The van der Waals surface area contributed by atoms with E-state index in [-0.39, 0.29) is 6.61 Å². The van der Waals surface area contributed by atoms with Crippen molar-refractivity contribution in [3.05, 3.63) is 0 Å². The first-order valence-electron chi connectivity index (χ1n) is 6.06. The van der Waals surface area contributed by atoms with E-state index in [9.17, 15) is 0 Å². The summed E-state index contributed by atoms with van der Waals surface area (Å²) in [5, 5.41) is 7.57. The molecule has 4 nitrogen and oxygen atoms in total. The summed E-state index contributed by atoms with van der Waals surface area (Å²) in [6, 6.07) is 0. The quantitative estimate of drug-likeness (QED) is 0.640. The van der Waals surface area contributed by atoms with Gasteiger partial charge in [-0.25, -0.2) is 0 Å². The minimum atomic E-state index is -1.08. The number of hydrogen-bond donors (Lipinski definition) is 1. The van der Waals surface area contributed by atoms with Crippen molar-refractivity contribution in [3.63, 3.8) is 0 Å². The molecule has 0 bridgehead atoms.